The third kappa shape index (κ3) is 7.22. The van der Waals surface area contributed by atoms with Crippen molar-refractivity contribution in [3.63, 3.8) is 0 Å². The molecule has 7 nitrogen and oxygen atoms in total. The molecule has 10 heteroatoms. The van der Waals surface area contributed by atoms with Crippen LogP contribution in [0.5, 0.6) is 0 Å². The SMILES string of the molecule is CSCCC(NC(=O)CCCCc1cc(-c2cccnc2)nn1-c1ccc(Cl)c(Cl)c1)C(N)=O. The van der Waals surface area contributed by atoms with E-state index in [1.165, 1.54) is 0 Å². The second-order valence-electron chi connectivity index (χ2n) is 7.78. The molecule has 0 aliphatic heterocycles. The lowest BCUT2D eigenvalue weighted by atomic mass is 10.1. The number of carbonyl (C=O) groups is 2. The fraction of sp³-hybridized carbons (Fsp3) is 0.333. The molecule has 0 radical (unpaired) electrons. The van der Waals surface area contributed by atoms with Gasteiger partial charge in [-0.25, -0.2) is 4.68 Å². The Balaban J connectivity index is 1.67. The summed E-state index contributed by atoms with van der Waals surface area (Å²) in [5.74, 6) is 0.0843. The van der Waals surface area contributed by atoms with Gasteiger partial charge in [0, 0.05) is 30.1 Å². The molecule has 1 unspecified atom stereocenters. The number of nitrogens with one attached hydrogen (secondary N) is 1. The summed E-state index contributed by atoms with van der Waals surface area (Å²) in [5, 5.41) is 8.44. The van der Waals surface area contributed by atoms with Gasteiger partial charge < -0.3 is 11.1 Å². The van der Waals surface area contributed by atoms with Crippen molar-refractivity contribution in [1.82, 2.24) is 20.1 Å². The number of aryl methyl sites for hydroxylation is 1. The van der Waals surface area contributed by atoms with E-state index in [1.54, 1.807) is 36.3 Å². The van der Waals surface area contributed by atoms with Crippen LogP contribution in [0.2, 0.25) is 10.0 Å². The number of unbranched alkanes of at least 4 members (excludes halogenated alkanes) is 1. The predicted molar refractivity (Wildman–Crippen MR) is 138 cm³/mol. The molecule has 1 aromatic carbocycles. The van der Waals surface area contributed by atoms with Crippen LogP contribution in [0.25, 0.3) is 16.9 Å². The van der Waals surface area contributed by atoms with Gasteiger partial charge in [-0.1, -0.05) is 23.2 Å². The number of rotatable bonds is 12. The molecular formula is C24H27Cl2N5O2S. The van der Waals surface area contributed by atoms with E-state index >= 15 is 0 Å². The van der Waals surface area contributed by atoms with Crippen LogP contribution in [-0.4, -0.2) is 44.6 Å². The summed E-state index contributed by atoms with van der Waals surface area (Å²) in [6.45, 7) is 0. The highest BCUT2D eigenvalue weighted by atomic mass is 35.5. The van der Waals surface area contributed by atoms with E-state index in [0.717, 1.165) is 34.8 Å². The number of halogens is 2. The van der Waals surface area contributed by atoms with Crippen molar-refractivity contribution in [3.8, 4) is 16.9 Å². The number of carbonyl (C=O) groups excluding carboxylic acids is 2. The van der Waals surface area contributed by atoms with Crippen LogP contribution in [0.1, 0.15) is 31.4 Å². The number of hydrogen-bond acceptors (Lipinski definition) is 5. The molecule has 0 spiro atoms. The van der Waals surface area contributed by atoms with E-state index in [-0.39, 0.29) is 5.91 Å². The molecule has 0 saturated heterocycles. The van der Waals surface area contributed by atoms with Gasteiger partial charge in [0.15, 0.2) is 0 Å². The van der Waals surface area contributed by atoms with E-state index in [9.17, 15) is 9.59 Å². The predicted octanol–water partition coefficient (Wildman–Crippen LogP) is 4.68. The topological polar surface area (TPSA) is 103 Å². The molecule has 3 N–H and O–H groups in total. The largest absolute Gasteiger partial charge is 0.368 e. The van der Waals surface area contributed by atoms with Crippen molar-refractivity contribution in [2.75, 3.05) is 12.0 Å². The summed E-state index contributed by atoms with van der Waals surface area (Å²) in [6.07, 6.45) is 8.40. The van der Waals surface area contributed by atoms with E-state index in [2.05, 4.69) is 10.3 Å². The molecule has 0 bridgehead atoms. The number of benzene rings is 1. The standard InChI is InChI=1S/C24H27Cl2N5O2S/c1-34-12-10-21(24(27)33)29-23(32)7-3-2-6-17-14-22(16-5-4-11-28-15-16)30-31(17)18-8-9-19(25)20(26)13-18/h4-5,8-9,11,13-15,21H,2-3,6-7,10,12H2,1H3,(H2,27,33)(H,29,32). The maximum atomic E-state index is 12.3. The average molecular weight is 520 g/mol. The molecule has 0 saturated carbocycles. The molecule has 0 fully saturated rings. The monoisotopic (exact) mass is 519 g/mol. The van der Waals surface area contributed by atoms with Crippen LogP contribution in [-0.2, 0) is 16.0 Å². The van der Waals surface area contributed by atoms with Crippen LogP contribution in [0.3, 0.4) is 0 Å². The average Bonchev–Trinajstić information content (AvgIpc) is 3.26. The first-order valence-electron chi connectivity index (χ1n) is 10.9. The van der Waals surface area contributed by atoms with Gasteiger partial charge >= 0.3 is 0 Å². The van der Waals surface area contributed by atoms with Gasteiger partial charge in [-0.2, -0.15) is 16.9 Å². The molecule has 0 aliphatic rings. The van der Waals surface area contributed by atoms with Gasteiger partial charge in [0.2, 0.25) is 11.8 Å². The third-order valence-corrected chi connectivity index (χ3v) is 6.65. The molecule has 2 amide bonds. The molecular weight excluding hydrogens is 493 g/mol. The van der Waals surface area contributed by atoms with Gasteiger partial charge in [-0.05, 0) is 74.1 Å². The first-order chi connectivity index (χ1) is 16.4. The fourth-order valence-corrected chi connectivity index (χ4v) is 4.24. The first-order valence-corrected chi connectivity index (χ1v) is 13.1. The zero-order valence-electron chi connectivity index (χ0n) is 18.8. The van der Waals surface area contributed by atoms with Crippen LogP contribution in [0.15, 0.2) is 48.8 Å². The number of aromatic nitrogens is 3. The summed E-state index contributed by atoms with van der Waals surface area (Å²) in [7, 11) is 0. The summed E-state index contributed by atoms with van der Waals surface area (Å²) in [4.78, 5) is 28.0. The fourth-order valence-electron chi connectivity index (χ4n) is 3.47. The van der Waals surface area contributed by atoms with Crippen molar-refractivity contribution >= 4 is 46.8 Å². The minimum atomic E-state index is -0.627. The van der Waals surface area contributed by atoms with Crippen molar-refractivity contribution in [3.05, 3.63) is 64.5 Å². The Morgan fingerprint density at radius 3 is 2.68 bits per heavy atom. The zero-order valence-corrected chi connectivity index (χ0v) is 21.2. The summed E-state index contributed by atoms with van der Waals surface area (Å²) in [6, 6.07) is 10.6. The van der Waals surface area contributed by atoms with E-state index in [1.807, 2.05) is 35.2 Å². The minimum Gasteiger partial charge on any atom is -0.368 e. The normalized spacial score (nSPS) is 11.9. The number of hydrogen-bond donors (Lipinski definition) is 2. The molecule has 1 atom stereocenters. The summed E-state index contributed by atoms with van der Waals surface area (Å²) < 4.78 is 1.84. The Morgan fingerprint density at radius 1 is 1.18 bits per heavy atom. The number of nitrogens with two attached hydrogens (primary N) is 1. The Labute approximate surface area is 213 Å². The number of pyridine rings is 1. The van der Waals surface area contributed by atoms with Crippen molar-refractivity contribution in [1.29, 1.82) is 0 Å². The maximum absolute atomic E-state index is 12.3. The Kier molecular flexibility index (Phi) is 9.80. The highest BCUT2D eigenvalue weighted by Gasteiger charge is 2.17. The minimum absolute atomic E-state index is 0.168. The van der Waals surface area contributed by atoms with Gasteiger partial charge in [0.1, 0.15) is 6.04 Å². The summed E-state index contributed by atoms with van der Waals surface area (Å²) >= 11 is 13.9. The second-order valence-corrected chi connectivity index (χ2v) is 9.58. The van der Waals surface area contributed by atoms with Gasteiger partial charge in [0.25, 0.3) is 0 Å². The molecule has 2 heterocycles. The van der Waals surface area contributed by atoms with Gasteiger partial charge in [0.05, 0.1) is 21.4 Å². The number of primary amides is 1. The van der Waals surface area contributed by atoms with E-state index in [0.29, 0.717) is 35.7 Å². The molecule has 34 heavy (non-hydrogen) atoms. The van der Waals surface area contributed by atoms with Gasteiger partial charge in [-0.15, -0.1) is 0 Å². The highest BCUT2D eigenvalue weighted by Crippen LogP contribution is 2.27. The van der Waals surface area contributed by atoms with Crippen molar-refractivity contribution < 1.29 is 9.59 Å². The van der Waals surface area contributed by atoms with E-state index in [4.69, 9.17) is 34.0 Å². The van der Waals surface area contributed by atoms with E-state index < -0.39 is 11.9 Å². The molecule has 3 aromatic rings. The molecule has 3 rings (SSSR count). The Hall–Kier alpha value is -2.55. The second kappa shape index (κ2) is 12.8. The van der Waals surface area contributed by atoms with Crippen LogP contribution in [0.4, 0.5) is 0 Å². The van der Waals surface area contributed by atoms with Crippen LogP contribution < -0.4 is 11.1 Å². The van der Waals surface area contributed by atoms with Gasteiger partial charge in [-0.3, -0.25) is 14.6 Å². The Bertz CT molecular complexity index is 1120. The van der Waals surface area contributed by atoms with Crippen molar-refractivity contribution in [2.24, 2.45) is 5.73 Å². The van der Waals surface area contributed by atoms with Crippen LogP contribution in [0, 0.1) is 0 Å². The molecule has 0 aliphatic carbocycles. The zero-order chi connectivity index (χ0) is 24.5. The lowest BCUT2D eigenvalue weighted by Gasteiger charge is -2.14. The lowest BCUT2D eigenvalue weighted by molar-refractivity contribution is -0.127. The summed E-state index contributed by atoms with van der Waals surface area (Å²) in [5.41, 5.74) is 8.89. The quantitative estimate of drug-likeness (QED) is 0.338. The number of nitrogens with zero attached hydrogens (tertiary/aromatic N) is 3. The van der Waals surface area contributed by atoms with Crippen molar-refractivity contribution in [2.45, 2.75) is 38.1 Å². The number of thioether (sulfide) groups is 1. The molecule has 2 aromatic heterocycles. The highest BCUT2D eigenvalue weighted by molar-refractivity contribution is 7.98. The van der Waals surface area contributed by atoms with Crippen LogP contribution >= 0.6 is 35.0 Å². The smallest absolute Gasteiger partial charge is 0.240 e. The Morgan fingerprint density at radius 2 is 2.00 bits per heavy atom. The lowest BCUT2D eigenvalue weighted by Crippen LogP contribution is -2.44. The first kappa shape index (κ1) is 26.1. The molecule has 180 valence electrons. The maximum Gasteiger partial charge on any atom is 0.240 e. The number of amides is 2. The third-order valence-electron chi connectivity index (χ3n) is 5.26.